The monoisotopic (exact) mass is 274 g/mol. The van der Waals surface area contributed by atoms with Crippen LogP contribution in [-0.4, -0.2) is 17.0 Å². The smallest absolute Gasteiger partial charge is 0.224 e. The van der Waals surface area contributed by atoms with Gasteiger partial charge in [0.2, 0.25) is 5.91 Å². The molecule has 4 heteroatoms. The molecular formula is C16H19FN2O. The van der Waals surface area contributed by atoms with Gasteiger partial charge < -0.3 is 9.88 Å². The van der Waals surface area contributed by atoms with Crippen molar-refractivity contribution in [2.75, 3.05) is 6.54 Å². The van der Waals surface area contributed by atoms with Crippen LogP contribution in [-0.2, 0) is 17.8 Å². The minimum atomic E-state index is -0.334. The Morgan fingerprint density at radius 3 is 2.45 bits per heavy atom. The highest BCUT2D eigenvalue weighted by molar-refractivity contribution is 5.78. The Balaban J connectivity index is 1.83. The Morgan fingerprint density at radius 1 is 1.15 bits per heavy atom. The number of benzene rings is 1. The molecule has 0 saturated carbocycles. The lowest BCUT2D eigenvalue weighted by atomic mass is 10.1. The summed E-state index contributed by atoms with van der Waals surface area (Å²) in [7, 11) is 0. The molecule has 1 aromatic heterocycles. The first-order valence-electron chi connectivity index (χ1n) is 6.71. The Morgan fingerprint density at radius 2 is 1.80 bits per heavy atom. The maximum atomic E-state index is 13.4. The third kappa shape index (κ3) is 3.47. The van der Waals surface area contributed by atoms with Crippen LogP contribution in [0.5, 0.6) is 0 Å². The van der Waals surface area contributed by atoms with E-state index < -0.39 is 0 Å². The maximum absolute atomic E-state index is 13.4. The Hall–Kier alpha value is -2.10. The van der Waals surface area contributed by atoms with E-state index in [1.54, 1.807) is 18.2 Å². The van der Waals surface area contributed by atoms with Crippen molar-refractivity contribution in [2.45, 2.75) is 26.8 Å². The fraction of sp³-hybridized carbons (Fsp3) is 0.312. The molecule has 0 fully saturated rings. The molecule has 0 atom stereocenters. The summed E-state index contributed by atoms with van der Waals surface area (Å²) in [5.74, 6) is -0.489. The Labute approximate surface area is 118 Å². The molecule has 0 bridgehead atoms. The van der Waals surface area contributed by atoms with Crippen LogP contribution in [0.4, 0.5) is 4.39 Å². The van der Waals surface area contributed by atoms with E-state index in [2.05, 4.69) is 22.0 Å². The highest BCUT2D eigenvalue weighted by Crippen LogP contribution is 2.07. The van der Waals surface area contributed by atoms with Crippen LogP contribution in [0.3, 0.4) is 0 Å². The van der Waals surface area contributed by atoms with Gasteiger partial charge in [0, 0.05) is 24.5 Å². The van der Waals surface area contributed by atoms with Gasteiger partial charge in [0.25, 0.3) is 0 Å². The van der Waals surface area contributed by atoms with Crippen LogP contribution < -0.4 is 5.32 Å². The predicted molar refractivity (Wildman–Crippen MR) is 77.0 cm³/mol. The number of carbonyl (C=O) groups is 1. The molecule has 20 heavy (non-hydrogen) atoms. The van der Waals surface area contributed by atoms with Gasteiger partial charge in [-0.05, 0) is 37.6 Å². The number of aryl methyl sites for hydroxylation is 2. The third-order valence-corrected chi connectivity index (χ3v) is 3.38. The van der Waals surface area contributed by atoms with Gasteiger partial charge in [-0.1, -0.05) is 18.2 Å². The zero-order valence-corrected chi connectivity index (χ0v) is 11.8. The minimum Gasteiger partial charge on any atom is -0.354 e. The number of amides is 1. The van der Waals surface area contributed by atoms with Crippen molar-refractivity contribution in [3.8, 4) is 0 Å². The lowest BCUT2D eigenvalue weighted by Crippen LogP contribution is -2.29. The van der Waals surface area contributed by atoms with Gasteiger partial charge in [-0.2, -0.15) is 0 Å². The summed E-state index contributed by atoms with van der Waals surface area (Å²) in [6.45, 7) is 5.35. The first-order chi connectivity index (χ1) is 9.58. The van der Waals surface area contributed by atoms with E-state index in [1.807, 2.05) is 13.8 Å². The average molecular weight is 274 g/mol. The lowest BCUT2D eigenvalue weighted by molar-refractivity contribution is -0.120. The van der Waals surface area contributed by atoms with Crippen molar-refractivity contribution >= 4 is 5.91 Å². The maximum Gasteiger partial charge on any atom is 0.224 e. The SMILES string of the molecule is Cc1ccc(C)n1CCNC(=O)Cc1ccccc1F. The fourth-order valence-electron chi connectivity index (χ4n) is 2.24. The van der Waals surface area contributed by atoms with Crippen LogP contribution in [0.25, 0.3) is 0 Å². The van der Waals surface area contributed by atoms with Crippen molar-refractivity contribution < 1.29 is 9.18 Å². The first kappa shape index (κ1) is 14.3. The molecule has 0 unspecified atom stereocenters. The zero-order valence-electron chi connectivity index (χ0n) is 11.8. The fourth-order valence-corrected chi connectivity index (χ4v) is 2.24. The highest BCUT2D eigenvalue weighted by atomic mass is 19.1. The molecule has 1 heterocycles. The van der Waals surface area contributed by atoms with Crippen LogP contribution in [0.15, 0.2) is 36.4 Å². The van der Waals surface area contributed by atoms with Crippen LogP contribution >= 0.6 is 0 Å². The molecule has 2 aromatic rings. The quantitative estimate of drug-likeness (QED) is 0.893. The van der Waals surface area contributed by atoms with E-state index in [1.165, 1.54) is 17.5 Å². The molecule has 0 radical (unpaired) electrons. The Kier molecular flexibility index (Phi) is 4.56. The molecular weight excluding hydrogens is 255 g/mol. The molecule has 1 amide bonds. The summed E-state index contributed by atoms with van der Waals surface area (Å²) in [6.07, 6.45) is 0.0797. The summed E-state index contributed by atoms with van der Waals surface area (Å²) in [6, 6.07) is 10.5. The number of hydrogen-bond donors (Lipinski definition) is 1. The molecule has 0 aliphatic carbocycles. The predicted octanol–water partition coefficient (Wildman–Crippen LogP) is 2.60. The second kappa shape index (κ2) is 6.37. The summed E-state index contributed by atoms with van der Waals surface area (Å²) in [4.78, 5) is 11.8. The van der Waals surface area contributed by atoms with E-state index in [9.17, 15) is 9.18 Å². The number of nitrogens with zero attached hydrogens (tertiary/aromatic N) is 1. The summed E-state index contributed by atoms with van der Waals surface area (Å²) in [5, 5.41) is 2.82. The van der Waals surface area contributed by atoms with Crippen molar-refractivity contribution in [2.24, 2.45) is 0 Å². The van der Waals surface area contributed by atoms with E-state index in [0.717, 1.165) is 6.54 Å². The number of halogens is 1. The summed E-state index contributed by atoms with van der Waals surface area (Å²) in [5.41, 5.74) is 2.77. The van der Waals surface area contributed by atoms with Gasteiger partial charge in [-0.25, -0.2) is 4.39 Å². The zero-order chi connectivity index (χ0) is 14.5. The standard InChI is InChI=1S/C16H19FN2O/c1-12-7-8-13(2)19(12)10-9-18-16(20)11-14-5-3-4-6-15(14)17/h3-8H,9-11H2,1-2H3,(H,18,20). The normalized spacial score (nSPS) is 10.6. The molecule has 0 aliphatic heterocycles. The molecule has 106 valence electrons. The molecule has 0 spiro atoms. The second-order valence-corrected chi connectivity index (χ2v) is 4.89. The Bertz CT molecular complexity index is 585. The average Bonchev–Trinajstić information content (AvgIpc) is 2.73. The molecule has 1 aromatic carbocycles. The van der Waals surface area contributed by atoms with Gasteiger partial charge in [0.1, 0.15) is 5.82 Å². The number of rotatable bonds is 5. The van der Waals surface area contributed by atoms with Crippen LogP contribution in [0, 0.1) is 19.7 Å². The largest absolute Gasteiger partial charge is 0.354 e. The van der Waals surface area contributed by atoms with Gasteiger partial charge in [0.15, 0.2) is 0 Å². The van der Waals surface area contributed by atoms with Crippen molar-refractivity contribution in [1.82, 2.24) is 9.88 Å². The first-order valence-corrected chi connectivity index (χ1v) is 6.71. The number of hydrogen-bond acceptors (Lipinski definition) is 1. The van der Waals surface area contributed by atoms with Gasteiger partial charge in [-0.3, -0.25) is 4.79 Å². The molecule has 1 N–H and O–H groups in total. The van der Waals surface area contributed by atoms with Crippen LogP contribution in [0.1, 0.15) is 17.0 Å². The highest BCUT2D eigenvalue weighted by Gasteiger charge is 2.07. The van der Waals surface area contributed by atoms with Crippen molar-refractivity contribution in [3.05, 3.63) is 59.2 Å². The topological polar surface area (TPSA) is 34.0 Å². The van der Waals surface area contributed by atoms with Gasteiger partial charge in [0.05, 0.1) is 6.42 Å². The lowest BCUT2D eigenvalue weighted by Gasteiger charge is -2.10. The van der Waals surface area contributed by atoms with Crippen LogP contribution in [0.2, 0.25) is 0 Å². The van der Waals surface area contributed by atoms with Gasteiger partial charge in [-0.15, -0.1) is 0 Å². The minimum absolute atomic E-state index is 0.0797. The number of nitrogens with one attached hydrogen (secondary N) is 1. The van der Waals surface area contributed by atoms with E-state index >= 15 is 0 Å². The van der Waals surface area contributed by atoms with Crippen molar-refractivity contribution in [1.29, 1.82) is 0 Å². The van der Waals surface area contributed by atoms with Gasteiger partial charge >= 0.3 is 0 Å². The molecule has 2 rings (SSSR count). The summed E-state index contributed by atoms with van der Waals surface area (Å²) >= 11 is 0. The third-order valence-electron chi connectivity index (χ3n) is 3.38. The van der Waals surface area contributed by atoms with Crippen molar-refractivity contribution in [3.63, 3.8) is 0 Å². The number of carbonyl (C=O) groups excluding carboxylic acids is 1. The molecule has 0 saturated heterocycles. The molecule has 0 aliphatic rings. The second-order valence-electron chi connectivity index (χ2n) is 4.89. The van der Waals surface area contributed by atoms with E-state index in [0.29, 0.717) is 12.1 Å². The molecule has 3 nitrogen and oxygen atoms in total. The van der Waals surface area contributed by atoms with E-state index in [-0.39, 0.29) is 18.1 Å². The number of aromatic nitrogens is 1. The summed E-state index contributed by atoms with van der Waals surface area (Å²) < 4.78 is 15.6. The van der Waals surface area contributed by atoms with E-state index in [4.69, 9.17) is 0 Å².